The van der Waals surface area contributed by atoms with Crippen molar-refractivity contribution >= 4 is 27.5 Å². The van der Waals surface area contributed by atoms with Gasteiger partial charge in [-0.1, -0.05) is 17.7 Å². The van der Waals surface area contributed by atoms with E-state index in [-0.39, 0.29) is 6.61 Å². The van der Waals surface area contributed by atoms with Gasteiger partial charge in [0.1, 0.15) is 0 Å². The first kappa shape index (κ1) is 12.9. The van der Waals surface area contributed by atoms with E-state index in [0.717, 1.165) is 10.0 Å². The molecule has 0 aliphatic carbocycles. The summed E-state index contributed by atoms with van der Waals surface area (Å²) in [5.74, 6) is 0. The molecule has 0 amide bonds. The van der Waals surface area contributed by atoms with Crippen LogP contribution in [-0.4, -0.2) is 29.5 Å². The molecule has 15 heavy (non-hydrogen) atoms. The van der Waals surface area contributed by atoms with Gasteiger partial charge in [-0.2, -0.15) is 0 Å². The fourth-order valence-corrected chi connectivity index (χ4v) is 1.64. The van der Waals surface area contributed by atoms with Crippen molar-refractivity contribution in [2.75, 3.05) is 13.2 Å². The van der Waals surface area contributed by atoms with Crippen LogP contribution >= 0.6 is 27.5 Å². The molecule has 3 nitrogen and oxygen atoms in total. The van der Waals surface area contributed by atoms with Crippen LogP contribution < -0.4 is 5.32 Å². The highest BCUT2D eigenvalue weighted by molar-refractivity contribution is 9.10. The smallest absolute Gasteiger partial charge is 0.0895 e. The predicted octanol–water partition coefficient (Wildman–Crippen LogP) is 1.55. The molecule has 1 atom stereocenters. The largest absolute Gasteiger partial charge is 0.394 e. The minimum atomic E-state index is -0.708. The van der Waals surface area contributed by atoms with Crippen LogP contribution in [0.5, 0.6) is 0 Å². The summed E-state index contributed by atoms with van der Waals surface area (Å²) in [6.07, 6.45) is -0.708. The first-order valence-corrected chi connectivity index (χ1v) is 5.74. The van der Waals surface area contributed by atoms with Gasteiger partial charge in [0.15, 0.2) is 0 Å². The molecule has 0 spiro atoms. The van der Waals surface area contributed by atoms with Crippen molar-refractivity contribution in [1.29, 1.82) is 0 Å². The van der Waals surface area contributed by atoms with Crippen LogP contribution in [0.1, 0.15) is 5.56 Å². The van der Waals surface area contributed by atoms with Crippen molar-refractivity contribution in [3.05, 3.63) is 33.3 Å². The topological polar surface area (TPSA) is 52.5 Å². The lowest BCUT2D eigenvalue weighted by Gasteiger charge is -2.09. The third kappa shape index (κ3) is 4.49. The minimum absolute atomic E-state index is 0.225. The van der Waals surface area contributed by atoms with Gasteiger partial charge in [0.25, 0.3) is 0 Å². The zero-order chi connectivity index (χ0) is 11.3. The first-order chi connectivity index (χ1) is 7.13. The van der Waals surface area contributed by atoms with E-state index in [4.69, 9.17) is 21.8 Å². The van der Waals surface area contributed by atoms with Gasteiger partial charge < -0.3 is 15.5 Å². The molecule has 0 aliphatic rings. The van der Waals surface area contributed by atoms with Crippen molar-refractivity contribution in [1.82, 2.24) is 5.32 Å². The number of benzene rings is 1. The molecule has 0 saturated carbocycles. The molecule has 0 saturated heterocycles. The summed E-state index contributed by atoms with van der Waals surface area (Å²) >= 11 is 9.18. The first-order valence-electron chi connectivity index (χ1n) is 4.57. The van der Waals surface area contributed by atoms with Gasteiger partial charge in [-0.25, -0.2) is 0 Å². The van der Waals surface area contributed by atoms with E-state index in [1.165, 1.54) is 0 Å². The van der Waals surface area contributed by atoms with Crippen LogP contribution in [0.3, 0.4) is 0 Å². The summed E-state index contributed by atoms with van der Waals surface area (Å²) in [6.45, 7) is 0.779. The van der Waals surface area contributed by atoms with Crippen LogP contribution in [0.2, 0.25) is 5.02 Å². The molecule has 1 aromatic carbocycles. The summed E-state index contributed by atoms with van der Waals surface area (Å²) in [6, 6.07) is 5.64. The van der Waals surface area contributed by atoms with E-state index >= 15 is 0 Å². The fraction of sp³-hybridized carbons (Fsp3) is 0.400. The van der Waals surface area contributed by atoms with Crippen molar-refractivity contribution in [2.45, 2.75) is 12.6 Å². The predicted molar refractivity (Wildman–Crippen MR) is 64.0 cm³/mol. The van der Waals surface area contributed by atoms with Gasteiger partial charge in [-0.05, 0) is 33.6 Å². The highest BCUT2D eigenvalue weighted by Gasteiger charge is 2.02. The molecular formula is C10H13BrClNO2. The van der Waals surface area contributed by atoms with E-state index in [1.807, 2.05) is 18.2 Å². The van der Waals surface area contributed by atoms with Gasteiger partial charge in [-0.3, -0.25) is 0 Å². The van der Waals surface area contributed by atoms with E-state index < -0.39 is 6.10 Å². The molecule has 0 aromatic heterocycles. The fourth-order valence-electron chi connectivity index (χ4n) is 1.10. The van der Waals surface area contributed by atoms with E-state index in [2.05, 4.69) is 21.2 Å². The molecule has 5 heteroatoms. The Morgan fingerprint density at radius 2 is 2.20 bits per heavy atom. The summed E-state index contributed by atoms with van der Waals surface area (Å²) in [5, 5.41) is 21.4. The second-order valence-electron chi connectivity index (χ2n) is 3.22. The normalized spacial score (nSPS) is 12.8. The Bertz CT molecular complexity index is 322. The van der Waals surface area contributed by atoms with Gasteiger partial charge in [0.2, 0.25) is 0 Å². The molecule has 84 valence electrons. The SMILES string of the molecule is OCC(O)CNCc1ccc(Cl)c(Br)c1. The Morgan fingerprint density at radius 1 is 1.47 bits per heavy atom. The zero-order valence-electron chi connectivity index (χ0n) is 8.08. The number of rotatable bonds is 5. The number of hydrogen-bond acceptors (Lipinski definition) is 3. The van der Waals surface area contributed by atoms with Crippen LogP contribution in [-0.2, 0) is 6.54 Å². The van der Waals surface area contributed by atoms with Gasteiger partial charge in [0.05, 0.1) is 17.7 Å². The number of halogens is 2. The van der Waals surface area contributed by atoms with Crippen molar-refractivity contribution in [3.63, 3.8) is 0 Å². The maximum atomic E-state index is 9.09. The summed E-state index contributed by atoms with van der Waals surface area (Å²) in [4.78, 5) is 0. The molecule has 1 aromatic rings. The highest BCUT2D eigenvalue weighted by Crippen LogP contribution is 2.22. The monoisotopic (exact) mass is 293 g/mol. The van der Waals surface area contributed by atoms with Crippen molar-refractivity contribution in [2.24, 2.45) is 0 Å². The summed E-state index contributed by atoms with van der Waals surface area (Å²) in [5.41, 5.74) is 1.07. The Kier molecular flexibility index (Phi) is 5.56. The lowest BCUT2D eigenvalue weighted by molar-refractivity contribution is 0.0942. The number of aliphatic hydroxyl groups excluding tert-OH is 2. The Balaban J connectivity index is 2.41. The van der Waals surface area contributed by atoms with Gasteiger partial charge >= 0.3 is 0 Å². The van der Waals surface area contributed by atoms with E-state index in [9.17, 15) is 0 Å². The molecular weight excluding hydrogens is 281 g/mol. The van der Waals surface area contributed by atoms with Gasteiger partial charge in [0, 0.05) is 17.6 Å². The summed E-state index contributed by atoms with van der Waals surface area (Å²) < 4.78 is 0.853. The minimum Gasteiger partial charge on any atom is -0.394 e. The maximum Gasteiger partial charge on any atom is 0.0895 e. The second-order valence-corrected chi connectivity index (χ2v) is 4.48. The average Bonchev–Trinajstić information content (AvgIpc) is 2.23. The average molecular weight is 295 g/mol. The number of nitrogens with one attached hydrogen (secondary N) is 1. The lowest BCUT2D eigenvalue weighted by Crippen LogP contribution is -2.28. The van der Waals surface area contributed by atoms with Gasteiger partial charge in [-0.15, -0.1) is 0 Å². The molecule has 0 bridgehead atoms. The Labute approximate surface area is 102 Å². The molecule has 0 radical (unpaired) electrons. The van der Waals surface area contributed by atoms with E-state index in [0.29, 0.717) is 18.1 Å². The molecule has 1 unspecified atom stereocenters. The molecule has 0 fully saturated rings. The van der Waals surface area contributed by atoms with Crippen LogP contribution in [0.4, 0.5) is 0 Å². The van der Waals surface area contributed by atoms with Crippen LogP contribution in [0.25, 0.3) is 0 Å². The highest BCUT2D eigenvalue weighted by atomic mass is 79.9. The molecule has 0 heterocycles. The number of hydrogen-bond donors (Lipinski definition) is 3. The third-order valence-corrected chi connectivity index (χ3v) is 3.12. The quantitative estimate of drug-likeness (QED) is 0.772. The number of aliphatic hydroxyl groups is 2. The van der Waals surface area contributed by atoms with Crippen LogP contribution in [0.15, 0.2) is 22.7 Å². The lowest BCUT2D eigenvalue weighted by atomic mass is 10.2. The molecule has 0 aliphatic heterocycles. The second kappa shape index (κ2) is 6.45. The van der Waals surface area contributed by atoms with Crippen LogP contribution in [0, 0.1) is 0 Å². The molecule has 1 rings (SSSR count). The molecule has 3 N–H and O–H groups in total. The maximum absolute atomic E-state index is 9.09. The Morgan fingerprint density at radius 3 is 2.80 bits per heavy atom. The zero-order valence-corrected chi connectivity index (χ0v) is 10.4. The summed E-state index contributed by atoms with van der Waals surface area (Å²) in [7, 11) is 0. The Hall–Kier alpha value is -0.130. The van der Waals surface area contributed by atoms with Crippen molar-refractivity contribution < 1.29 is 10.2 Å². The van der Waals surface area contributed by atoms with Crippen molar-refractivity contribution in [3.8, 4) is 0 Å². The third-order valence-electron chi connectivity index (χ3n) is 1.90. The van der Waals surface area contributed by atoms with E-state index in [1.54, 1.807) is 0 Å². The standard InChI is InChI=1S/C10H13BrClNO2/c11-9-3-7(1-2-10(9)12)4-13-5-8(15)6-14/h1-3,8,13-15H,4-6H2.